The number of benzene rings is 2. The molecular weight excluding hydrogens is 570 g/mol. The van der Waals surface area contributed by atoms with Gasteiger partial charge in [-0.15, -0.1) is 11.3 Å². The average Bonchev–Trinajstić information content (AvgIpc) is 3.54. The van der Waals surface area contributed by atoms with Crippen molar-refractivity contribution < 1.29 is 24.0 Å². The number of thiophene rings is 2. The summed E-state index contributed by atoms with van der Waals surface area (Å²) in [5, 5.41) is 15.9. The molecule has 0 saturated heterocycles. The Balaban J connectivity index is 0.000000165. The molecule has 0 aliphatic rings. The lowest BCUT2D eigenvalue weighted by molar-refractivity contribution is -0.378. The van der Waals surface area contributed by atoms with E-state index in [2.05, 4.69) is 14.7 Å². The third-order valence-corrected chi connectivity index (χ3v) is 8.58. The number of fused-ring (bicyclic) bond motifs is 6. The first-order valence-electron chi connectivity index (χ1n) is 12.0. The van der Waals surface area contributed by atoms with Gasteiger partial charge in [0.25, 0.3) is 11.1 Å². The highest BCUT2D eigenvalue weighted by Crippen LogP contribution is 2.36. The van der Waals surface area contributed by atoms with Crippen molar-refractivity contribution in [2.75, 3.05) is 14.2 Å². The Bertz CT molecular complexity index is 2170. The molecule has 4 aromatic heterocycles. The number of H-pyrrole nitrogens is 2. The molecule has 0 fully saturated rings. The molecule has 13 heteroatoms. The quantitative estimate of drug-likeness (QED) is 0.153. The molecule has 0 aliphatic heterocycles. The number of aromatic nitrogens is 2. The number of hydrogen-bond donors (Lipinski definition) is 2. The van der Waals surface area contributed by atoms with Crippen molar-refractivity contribution in [3.63, 3.8) is 0 Å². The molecule has 0 atom stereocenters. The van der Waals surface area contributed by atoms with E-state index >= 15 is 0 Å². The zero-order chi connectivity index (χ0) is 29.6. The van der Waals surface area contributed by atoms with Crippen LogP contribution in [0.5, 0.6) is 0 Å². The first-order valence-corrected chi connectivity index (χ1v) is 13.7. The van der Waals surface area contributed by atoms with Crippen LogP contribution in [0.15, 0.2) is 51.4 Å². The van der Waals surface area contributed by atoms with Crippen LogP contribution < -0.4 is 11.1 Å². The Morgan fingerprint density at radius 1 is 0.780 bits per heavy atom. The molecule has 0 unspecified atom stereocenters. The summed E-state index contributed by atoms with van der Waals surface area (Å²) >= 11 is 2.48. The van der Waals surface area contributed by atoms with E-state index in [1.165, 1.54) is 25.7 Å². The van der Waals surface area contributed by atoms with Crippen molar-refractivity contribution in [3.05, 3.63) is 93.5 Å². The summed E-state index contributed by atoms with van der Waals surface area (Å²) in [4.78, 5) is 66.0. The summed E-state index contributed by atoms with van der Waals surface area (Å²) in [5.74, 6) is -1.07. The van der Waals surface area contributed by atoms with Crippen LogP contribution in [-0.2, 0) is 9.47 Å². The lowest BCUT2D eigenvalue weighted by atomic mass is 10.0. The Hall–Kier alpha value is -4.88. The number of esters is 2. The van der Waals surface area contributed by atoms with Gasteiger partial charge in [0, 0.05) is 31.3 Å². The third kappa shape index (κ3) is 4.54. The average molecular weight is 592 g/mol. The second-order valence-electron chi connectivity index (χ2n) is 8.90. The zero-order valence-corrected chi connectivity index (χ0v) is 23.7. The Kier molecular flexibility index (Phi) is 7.15. The fraction of sp³-hybridized carbons (Fsp3) is 0.143. The number of ether oxygens (including phenoxy) is 2. The minimum atomic E-state index is -0.617. The van der Waals surface area contributed by atoms with Gasteiger partial charge in [0.1, 0.15) is 0 Å². The van der Waals surface area contributed by atoms with Gasteiger partial charge in [-0.25, -0.2) is 9.59 Å². The molecule has 11 nitrogen and oxygen atoms in total. The monoisotopic (exact) mass is 591 g/mol. The standard InChI is InChI=1S/C15H13NO3S.C13H8N2O5S/c1-7-11-9-5-4-6-10(15(18)19-3)13(9)16-14(17)12(11)8(2)20-7;1-20-13(17)7-4-2-3-6-9-8(11(16)14-10(6)7)5-21-12(9)15(18)19/h4-6H,1-3H3,(H,16,17);2-5H,1H3,(H,14,16). The normalized spacial score (nSPS) is 11.0. The number of aryl methyl sites for hydroxylation is 2. The van der Waals surface area contributed by atoms with Crippen molar-refractivity contribution in [1.29, 1.82) is 0 Å². The van der Waals surface area contributed by atoms with Crippen LogP contribution in [0, 0.1) is 24.0 Å². The van der Waals surface area contributed by atoms with Crippen molar-refractivity contribution in [1.82, 2.24) is 9.97 Å². The van der Waals surface area contributed by atoms with Gasteiger partial charge < -0.3 is 19.4 Å². The summed E-state index contributed by atoms with van der Waals surface area (Å²) in [5.41, 5.74) is 0.687. The molecule has 2 aromatic carbocycles. The Morgan fingerprint density at radius 2 is 1.29 bits per heavy atom. The van der Waals surface area contributed by atoms with Gasteiger partial charge in [-0.05, 0) is 26.0 Å². The number of pyridine rings is 2. The lowest BCUT2D eigenvalue weighted by Crippen LogP contribution is -2.10. The molecule has 2 N–H and O–H groups in total. The SMILES string of the molecule is COC(=O)c1cccc2c1[nH]c(=O)c1c(C)sc(C)c12.COC(=O)c1cccc2c1[nH]c(=O)c1csc([N+](=O)[O-])c12. The number of para-hydroxylation sites is 2. The van der Waals surface area contributed by atoms with E-state index in [9.17, 15) is 29.3 Å². The van der Waals surface area contributed by atoms with Crippen LogP contribution in [0.3, 0.4) is 0 Å². The minimum absolute atomic E-state index is 0.122. The van der Waals surface area contributed by atoms with Crippen molar-refractivity contribution >= 4 is 83.0 Å². The number of aromatic amines is 2. The number of methoxy groups -OCH3 is 2. The van der Waals surface area contributed by atoms with E-state index in [0.717, 1.165) is 31.9 Å². The smallest absolute Gasteiger partial charge is 0.339 e. The maximum atomic E-state index is 12.3. The van der Waals surface area contributed by atoms with E-state index in [4.69, 9.17) is 4.74 Å². The van der Waals surface area contributed by atoms with Crippen LogP contribution in [-0.4, -0.2) is 41.0 Å². The lowest BCUT2D eigenvalue weighted by Gasteiger charge is -2.06. The summed E-state index contributed by atoms with van der Waals surface area (Å²) in [7, 11) is 2.56. The van der Waals surface area contributed by atoms with Gasteiger partial charge in [0.05, 0.1) is 57.5 Å². The highest BCUT2D eigenvalue weighted by Gasteiger charge is 2.22. The summed E-state index contributed by atoms with van der Waals surface area (Å²) in [6.45, 7) is 3.93. The first kappa shape index (κ1) is 27.7. The summed E-state index contributed by atoms with van der Waals surface area (Å²) < 4.78 is 9.44. The number of rotatable bonds is 3. The second-order valence-corrected chi connectivity index (χ2v) is 11.2. The van der Waals surface area contributed by atoms with E-state index in [-0.39, 0.29) is 32.4 Å². The number of nitro groups is 1. The summed E-state index contributed by atoms with van der Waals surface area (Å²) in [6, 6.07) is 10.1. The Labute approximate surface area is 238 Å². The van der Waals surface area contributed by atoms with Crippen molar-refractivity contribution in [2.45, 2.75) is 13.8 Å². The molecule has 208 valence electrons. The van der Waals surface area contributed by atoms with Gasteiger partial charge in [-0.1, -0.05) is 35.6 Å². The van der Waals surface area contributed by atoms with Crippen LogP contribution in [0.2, 0.25) is 0 Å². The molecule has 0 saturated carbocycles. The van der Waals surface area contributed by atoms with Crippen LogP contribution in [0.4, 0.5) is 5.00 Å². The van der Waals surface area contributed by atoms with E-state index in [0.29, 0.717) is 21.9 Å². The minimum Gasteiger partial charge on any atom is -0.465 e. The first-order chi connectivity index (χ1) is 19.6. The molecule has 41 heavy (non-hydrogen) atoms. The molecule has 6 rings (SSSR count). The number of nitrogens with one attached hydrogen (secondary N) is 2. The van der Waals surface area contributed by atoms with Gasteiger partial charge >= 0.3 is 16.9 Å². The van der Waals surface area contributed by atoms with Crippen molar-refractivity contribution in [3.8, 4) is 0 Å². The van der Waals surface area contributed by atoms with Crippen LogP contribution in [0.1, 0.15) is 30.5 Å². The van der Waals surface area contributed by atoms with Crippen LogP contribution >= 0.6 is 22.7 Å². The van der Waals surface area contributed by atoms with Crippen molar-refractivity contribution in [2.24, 2.45) is 0 Å². The topological polar surface area (TPSA) is 161 Å². The predicted molar refractivity (Wildman–Crippen MR) is 159 cm³/mol. The number of hydrogen-bond acceptors (Lipinski definition) is 10. The van der Waals surface area contributed by atoms with E-state index in [1.807, 2.05) is 19.9 Å². The van der Waals surface area contributed by atoms with Gasteiger partial charge in [0.2, 0.25) is 0 Å². The molecule has 4 heterocycles. The van der Waals surface area contributed by atoms with Gasteiger partial charge in [-0.3, -0.25) is 19.7 Å². The predicted octanol–water partition coefficient (Wildman–Crippen LogP) is 5.58. The molecular formula is C28H21N3O8S2. The van der Waals surface area contributed by atoms with Gasteiger partial charge in [-0.2, -0.15) is 0 Å². The number of nitrogens with zero attached hydrogens (tertiary/aromatic N) is 1. The molecule has 0 bridgehead atoms. The second kappa shape index (κ2) is 10.6. The molecule has 0 spiro atoms. The molecule has 0 aliphatic carbocycles. The highest BCUT2D eigenvalue weighted by molar-refractivity contribution is 7.15. The fourth-order valence-electron chi connectivity index (χ4n) is 4.90. The maximum Gasteiger partial charge on any atom is 0.339 e. The zero-order valence-electron chi connectivity index (χ0n) is 22.1. The molecule has 0 amide bonds. The molecule has 0 radical (unpaired) electrons. The number of carbonyl (C=O) groups excluding carboxylic acids is 2. The third-order valence-electron chi connectivity index (χ3n) is 6.62. The highest BCUT2D eigenvalue weighted by atomic mass is 32.1. The fourth-order valence-corrected chi connectivity index (χ4v) is 6.85. The van der Waals surface area contributed by atoms with E-state index in [1.54, 1.807) is 35.6 Å². The maximum absolute atomic E-state index is 12.3. The summed E-state index contributed by atoms with van der Waals surface area (Å²) in [6.07, 6.45) is 0. The van der Waals surface area contributed by atoms with Gasteiger partial charge in [0.15, 0.2) is 0 Å². The molecule has 6 aromatic rings. The van der Waals surface area contributed by atoms with Crippen LogP contribution in [0.25, 0.3) is 43.4 Å². The number of carbonyl (C=O) groups is 2. The van der Waals surface area contributed by atoms with E-state index < -0.39 is 22.4 Å². The largest absolute Gasteiger partial charge is 0.465 e. The Morgan fingerprint density at radius 3 is 1.83 bits per heavy atom.